The lowest BCUT2D eigenvalue weighted by atomic mass is 10.2. The Labute approximate surface area is 108 Å². The van der Waals surface area contributed by atoms with Crippen LogP contribution in [0.1, 0.15) is 5.56 Å². The van der Waals surface area contributed by atoms with Crippen LogP contribution in [0.2, 0.25) is 0 Å². The largest absolute Gasteiger partial charge is 0.454 e. The summed E-state index contributed by atoms with van der Waals surface area (Å²) in [6.45, 7) is 0.648. The maximum atomic E-state index is 13.1. The lowest BCUT2D eigenvalue weighted by molar-refractivity contribution is 0.173. The minimum Gasteiger partial charge on any atom is -0.454 e. The van der Waals surface area contributed by atoms with Crippen LogP contribution in [0.5, 0.6) is 11.5 Å². The second-order valence-corrected chi connectivity index (χ2v) is 4.13. The van der Waals surface area contributed by atoms with Crippen molar-refractivity contribution in [2.24, 2.45) is 0 Å². The van der Waals surface area contributed by atoms with E-state index in [2.05, 4.69) is 5.32 Å². The molecule has 0 radical (unpaired) electrons. The van der Waals surface area contributed by atoms with Crippen molar-refractivity contribution in [3.05, 3.63) is 53.6 Å². The highest BCUT2D eigenvalue weighted by atomic mass is 19.2. The maximum Gasteiger partial charge on any atom is 0.231 e. The average molecular weight is 263 g/mol. The molecule has 5 heteroatoms. The second kappa shape index (κ2) is 4.76. The molecular formula is C14H11F2NO2. The van der Waals surface area contributed by atoms with E-state index in [1.165, 1.54) is 6.07 Å². The predicted octanol–water partition coefficient (Wildman–Crippen LogP) is 3.31. The van der Waals surface area contributed by atoms with Crippen LogP contribution in [0.3, 0.4) is 0 Å². The van der Waals surface area contributed by atoms with Crippen molar-refractivity contribution in [3.63, 3.8) is 0 Å². The topological polar surface area (TPSA) is 30.5 Å². The molecule has 0 bridgehead atoms. The van der Waals surface area contributed by atoms with E-state index in [1.54, 1.807) is 0 Å². The van der Waals surface area contributed by atoms with E-state index in [-0.39, 0.29) is 6.79 Å². The van der Waals surface area contributed by atoms with Crippen LogP contribution < -0.4 is 14.8 Å². The van der Waals surface area contributed by atoms with Crippen molar-refractivity contribution in [2.75, 3.05) is 12.1 Å². The second-order valence-electron chi connectivity index (χ2n) is 4.13. The van der Waals surface area contributed by atoms with Gasteiger partial charge in [-0.2, -0.15) is 0 Å². The van der Waals surface area contributed by atoms with Crippen molar-refractivity contribution < 1.29 is 18.3 Å². The molecule has 2 aromatic rings. The molecule has 0 saturated carbocycles. The number of ether oxygens (including phenoxy) is 2. The Morgan fingerprint density at radius 1 is 1.05 bits per heavy atom. The van der Waals surface area contributed by atoms with Gasteiger partial charge in [0.1, 0.15) is 0 Å². The summed E-state index contributed by atoms with van der Waals surface area (Å²) in [6, 6.07) is 9.26. The molecule has 0 fully saturated rings. The fourth-order valence-electron chi connectivity index (χ4n) is 1.93. The Kier molecular flexibility index (Phi) is 2.95. The van der Waals surface area contributed by atoms with Crippen LogP contribution in [0.4, 0.5) is 14.5 Å². The molecule has 3 nitrogen and oxygen atoms in total. The summed E-state index contributed by atoms with van der Waals surface area (Å²) < 4.78 is 36.5. The fraction of sp³-hybridized carbons (Fsp3) is 0.143. The molecule has 0 atom stereocenters. The van der Waals surface area contributed by atoms with Crippen molar-refractivity contribution >= 4 is 5.69 Å². The number of hydrogen-bond acceptors (Lipinski definition) is 3. The number of fused-ring (bicyclic) bond motifs is 1. The Balaban J connectivity index is 1.76. The average Bonchev–Trinajstić information content (AvgIpc) is 2.89. The third kappa shape index (κ3) is 2.31. The van der Waals surface area contributed by atoms with Crippen LogP contribution in [0.25, 0.3) is 0 Å². The van der Waals surface area contributed by atoms with E-state index in [4.69, 9.17) is 9.47 Å². The molecule has 2 aromatic carbocycles. The SMILES string of the molecule is Fc1ccc(NCc2cccc3c2OCO3)cc1F. The van der Waals surface area contributed by atoms with Gasteiger partial charge < -0.3 is 14.8 Å². The molecular weight excluding hydrogens is 252 g/mol. The van der Waals surface area contributed by atoms with E-state index in [0.717, 1.165) is 17.7 Å². The molecule has 19 heavy (non-hydrogen) atoms. The fourth-order valence-corrected chi connectivity index (χ4v) is 1.93. The number of para-hydroxylation sites is 1. The Morgan fingerprint density at radius 2 is 1.95 bits per heavy atom. The molecule has 0 spiro atoms. The van der Waals surface area contributed by atoms with Crippen molar-refractivity contribution in [1.29, 1.82) is 0 Å². The molecule has 1 aliphatic heterocycles. The predicted molar refractivity (Wildman–Crippen MR) is 66.2 cm³/mol. The monoisotopic (exact) mass is 263 g/mol. The third-order valence-corrected chi connectivity index (χ3v) is 2.88. The van der Waals surface area contributed by atoms with Crippen LogP contribution >= 0.6 is 0 Å². The molecule has 0 unspecified atom stereocenters. The third-order valence-electron chi connectivity index (χ3n) is 2.88. The van der Waals surface area contributed by atoms with Gasteiger partial charge in [0.05, 0.1) is 0 Å². The summed E-state index contributed by atoms with van der Waals surface area (Å²) in [6.07, 6.45) is 0. The molecule has 98 valence electrons. The lowest BCUT2D eigenvalue weighted by Crippen LogP contribution is -2.02. The van der Waals surface area contributed by atoms with Crippen LogP contribution in [-0.4, -0.2) is 6.79 Å². The summed E-state index contributed by atoms with van der Waals surface area (Å²) in [5, 5.41) is 3.02. The first-order chi connectivity index (χ1) is 9.24. The van der Waals surface area contributed by atoms with Gasteiger partial charge in [0, 0.05) is 23.9 Å². The molecule has 0 aliphatic carbocycles. The quantitative estimate of drug-likeness (QED) is 0.921. The van der Waals surface area contributed by atoms with E-state index in [1.807, 2.05) is 18.2 Å². The smallest absolute Gasteiger partial charge is 0.231 e. The highest BCUT2D eigenvalue weighted by Gasteiger charge is 2.16. The van der Waals surface area contributed by atoms with Gasteiger partial charge in [0.25, 0.3) is 0 Å². The summed E-state index contributed by atoms with van der Waals surface area (Å²) >= 11 is 0. The van der Waals surface area contributed by atoms with Crippen LogP contribution in [0, 0.1) is 11.6 Å². The first-order valence-electron chi connectivity index (χ1n) is 5.80. The molecule has 3 rings (SSSR count). The minimum absolute atomic E-state index is 0.206. The van der Waals surface area contributed by atoms with Gasteiger partial charge in [-0.3, -0.25) is 0 Å². The van der Waals surface area contributed by atoms with Crippen molar-refractivity contribution in [1.82, 2.24) is 0 Å². The van der Waals surface area contributed by atoms with Gasteiger partial charge >= 0.3 is 0 Å². The molecule has 0 amide bonds. The number of halogens is 2. The van der Waals surface area contributed by atoms with Gasteiger partial charge in [0.2, 0.25) is 6.79 Å². The summed E-state index contributed by atoms with van der Waals surface area (Å²) in [5.74, 6) is -0.340. The van der Waals surface area contributed by atoms with Crippen molar-refractivity contribution in [2.45, 2.75) is 6.54 Å². The number of nitrogens with one attached hydrogen (secondary N) is 1. The van der Waals surface area contributed by atoms with Gasteiger partial charge in [-0.15, -0.1) is 0 Å². The summed E-state index contributed by atoms with van der Waals surface area (Å²) in [7, 11) is 0. The standard InChI is InChI=1S/C14H11F2NO2/c15-11-5-4-10(6-12(11)16)17-7-9-2-1-3-13-14(9)19-8-18-13/h1-6,17H,7-8H2. The Bertz CT molecular complexity index is 616. The molecule has 1 aliphatic rings. The van der Waals surface area contributed by atoms with Gasteiger partial charge in [-0.05, 0) is 18.2 Å². The highest BCUT2D eigenvalue weighted by Crippen LogP contribution is 2.35. The van der Waals surface area contributed by atoms with Gasteiger partial charge in [-0.25, -0.2) is 8.78 Å². The number of hydrogen-bond donors (Lipinski definition) is 1. The zero-order chi connectivity index (χ0) is 13.2. The number of rotatable bonds is 3. The Hall–Kier alpha value is -2.30. The van der Waals surface area contributed by atoms with Crippen LogP contribution in [0.15, 0.2) is 36.4 Å². The maximum absolute atomic E-state index is 13.1. The van der Waals surface area contributed by atoms with E-state index in [0.29, 0.717) is 23.7 Å². The zero-order valence-corrected chi connectivity index (χ0v) is 9.95. The molecule has 1 heterocycles. The number of benzene rings is 2. The van der Waals surface area contributed by atoms with E-state index < -0.39 is 11.6 Å². The minimum atomic E-state index is -0.872. The first-order valence-corrected chi connectivity index (χ1v) is 5.80. The molecule has 0 aromatic heterocycles. The lowest BCUT2D eigenvalue weighted by Gasteiger charge is -2.09. The van der Waals surface area contributed by atoms with Crippen LogP contribution in [-0.2, 0) is 6.54 Å². The highest BCUT2D eigenvalue weighted by molar-refractivity contribution is 5.51. The zero-order valence-electron chi connectivity index (χ0n) is 9.95. The molecule has 1 N–H and O–H groups in total. The normalized spacial score (nSPS) is 12.5. The van der Waals surface area contributed by atoms with Gasteiger partial charge in [0.15, 0.2) is 23.1 Å². The summed E-state index contributed by atoms with van der Waals surface area (Å²) in [4.78, 5) is 0. The molecule has 0 saturated heterocycles. The van der Waals surface area contributed by atoms with E-state index >= 15 is 0 Å². The summed E-state index contributed by atoms with van der Waals surface area (Å²) in [5.41, 5.74) is 1.41. The first kappa shape index (κ1) is 11.8. The van der Waals surface area contributed by atoms with Crippen molar-refractivity contribution in [3.8, 4) is 11.5 Å². The number of anilines is 1. The van der Waals surface area contributed by atoms with Gasteiger partial charge in [-0.1, -0.05) is 12.1 Å². The van der Waals surface area contributed by atoms with E-state index in [9.17, 15) is 8.78 Å². The Morgan fingerprint density at radius 3 is 2.79 bits per heavy atom.